The molecule has 0 aliphatic rings. The normalized spacial score (nSPS) is 10.3. The number of benzene rings is 2. The number of halogens is 1. The fourth-order valence-electron chi connectivity index (χ4n) is 2.17. The lowest BCUT2D eigenvalue weighted by Gasteiger charge is -2.09. The zero-order valence-electron chi connectivity index (χ0n) is 13.7. The first-order valence-electron chi connectivity index (χ1n) is 7.91. The molecule has 0 unspecified atom stereocenters. The Kier molecular flexibility index (Phi) is 5.64. The zero-order valence-corrected chi connectivity index (χ0v) is 14.5. The minimum Gasteiger partial charge on any atom is -0.494 e. The van der Waals surface area contributed by atoms with Crippen LogP contribution in [0, 0.1) is 0 Å². The van der Waals surface area contributed by atoms with Crippen molar-refractivity contribution >= 4 is 29.1 Å². The van der Waals surface area contributed by atoms with E-state index in [4.69, 9.17) is 16.3 Å². The molecule has 0 aliphatic heterocycles. The van der Waals surface area contributed by atoms with Gasteiger partial charge in [-0.25, -0.2) is 0 Å². The molecule has 0 spiro atoms. The number of nitrogens with zero attached hydrogens (tertiary/aromatic N) is 3. The van der Waals surface area contributed by atoms with Crippen LogP contribution in [0.1, 0.15) is 12.5 Å². The molecule has 1 heterocycles. The number of ether oxygens (including phenoxy) is 1. The van der Waals surface area contributed by atoms with Gasteiger partial charge in [0, 0.05) is 17.3 Å². The second-order valence-electron chi connectivity index (χ2n) is 5.23. The number of aromatic nitrogens is 3. The van der Waals surface area contributed by atoms with Crippen LogP contribution < -0.4 is 15.4 Å². The van der Waals surface area contributed by atoms with Crippen LogP contribution >= 0.6 is 11.6 Å². The fourth-order valence-corrected chi connectivity index (χ4v) is 2.30. The molecule has 0 saturated heterocycles. The summed E-state index contributed by atoms with van der Waals surface area (Å²) in [5.41, 5.74) is 1.98. The summed E-state index contributed by atoms with van der Waals surface area (Å²) in [5.74, 6) is 1.89. The molecule has 0 saturated carbocycles. The van der Waals surface area contributed by atoms with Gasteiger partial charge in [0.25, 0.3) is 0 Å². The van der Waals surface area contributed by atoms with Crippen molar-refractivity contribution in [1.82, 2.24) is 15.2 Å². The van der Waals surface area contributed by atoms with E-state index >= 15 is 0 Å². The molecule has 0 atom stereocenters. The number of nitrogens with one attached hydrogen (secondary N) is 2. The average molecular weight is 356 g/mol. The fraction of sp³-hybridized carbons (Fsp3) is 0.167. The minimum atomic E-state index is 0.450. The average Bonchev–Trinajstić information content (AvgIpc) is 2.64. The quantitative estimate of drug-likeness (QED) is 0.659. The molecule has 0 bridgehead atoms. The summed E-state index contributed by atoms with van der Waals surface area (Å²) in [6, 6.07) is 15.3. The molecule has 0 amide bonds. The Morgan fingerprint density at radius 2 is 1.80 bits per heavy atom. The predicted octanol–water partition coefficient (Wildman–Crippen LogP) is 4.28. The third-order valence-corrected chi connectivity index (χ3v) is 3.61. The lowest BCUT2D eigenvalue weighted by molar-refractivity contribution is 0.340. The number of hydrogen-bond acceptors (Lipinski definition) is 6. The van der Waals surface area contributed by atoms with Crippen LogP contribution in [0.4, 0.5) is 17.5 Å². The first-order valence-corrected chi connectivity index (χ1v) is 8.28. The van der Waals surface area contributed by atoms with Gasteiger partial charge >= 0.3 is 0 Å². The van der Waals surface area contributed by atoms with Crippen molar-refractivity contribution < 1.29 is 4.74 Å². The van der Waals surface area contributed by atoms with E-state index in [0.29, 0.717) is 29.9 Å². The second-order valence-corrected chi connectivity index (χ2v) is 5.66. The molecule has 25 heavy (non-hydrogen) atoms. The minimum absolute atomic E-state index is 0.450. The highest BCUT2D eigenvalue weighted by Crippen LogP contribution is 2.19. The molecule has 7 heteroatoms. The van der Waals surface area contributed by atoms with Gasteiger partial charge in [-0.1, -0.05) is 23.7 Å². The molecular formula is C18H18ClN5O. The maximum atomic E-state index is 5.88. The molecule has 2 aromatic carbocycles. The third kappa shape index (κ3) is 5.06. The predicted molar refractivity (Wildman–Crippen MR) is 99.5 cm³/mol. The standard InChI is InChI=1S/C18H18ClN5O/c1-2-25-16-9-7-15(8-10-16)22-17-12-21-24-18(23-17)20-11-13-3-5-14(19)6-4-13/h3-10,12H,2,11H2,1H3,(H2,20,22,23,24). The van der Waals surface area contributed by atoms with Crippen molar-refractivity contribution in [2.24, 2.45) is 0 Å². The lowest BCUT2D eigenvalue weighted by Crippen LogP contribution is -2.06. The molecule has 0 fully saturated rings. The van der Waals surface area contributed by atoms with Crippen LogP contribution in [0.2, 0.25) is 5.02 Å². The van der Waals surface area contributed by atoms with E-state index in [1.807, 2.05) is 55.5 Å². The van der Waals surface area contributed by atoms with E-state index in [0.717, 1.165) is 17.0 Å². The Morgan fingerprint density at radius 1 is 1.04 bits per heavy atom. The molecule has 128 valence electrons. The summed E-state index contributed by atoms with van der Waals surface area (Å²) in [7, 11) is 0. The van der Waals surface area contributed by atoms with Crippen LogP contribution in [0.15, 0.2) is 54.7 Å². The number of rotatable bonds is 7. The maximum Gasteiger partial charge on any atom is 0.244 e. The van der Waals surface area contributed by atoms with Gasteiger partial charge in [0.15, 0.2) is 5.82 Å². The van der Waals surface area contributed by atoms with Crippen LogP contribution in [0.25, 0.3) is 0 Å². The topological polar surface area (TPSA) is 72.0 Å². The van der Waals surface area contributed by atoms with Crippen molar-refractivity contribution in [3.05, 3.63) is 65.3 Å². The van der Waals surface area contributed by atoms with Gasteiger partial charge in [-0.15, -0.1) is 5.10 Å². The summed E-state index contributed by atoms with van der Waals surface area (Å²) in [5, 5.41) is 15.0. The Bertz CT molecular complexity index is 808. The lowest BCUT2D eigenvalue weighted by atomic mass is 10.2. The number of anilines is 3. The van der Waals surface area contributed by atoms with E-state index in [1.54, 1.807) is 6.20 Å². The van der Waals surface area contributed by atoms with Gasteiger partial charge in [0.2, 0.25) is 5.95 Å². The molecular weight excluding hydrogens is 338 g/mol. The highest BCUT2D eigenvalue weighted by atomic mass is 35.5. The zero-order chi connectivity index (χ0) is 17.5. The van der Waals surface area contributed by atoms with Gasteiger partial charge in [-0.2, -0.15) is 10.1 Å². The van der Waals surface area contributed by atoms with Crippen molar-refractivity contribution in [2.45, 2.75) is 13.5 Å². The molecule has 0 aliphatic carbocycles. The first-order chi connectivity index (χ1) is 12.2. The summed E-state index contributed by atoms with van der Waals surface area (Å²) in [6.45, 7) is 3.19. The van der Waals surface area contributed by atoms with Gasteiger partial charge in [0.05, 0.1) is 12.8 Å². The van der Waals surface area contributed by atoms with Crippen LogP contribution in [0.3, 0.4) is 0 Å². The Hall–Kier alpha value is -2.86. The largest absolute Gasteiger partial charge is 0.494 e. The second kappa shape index (κ2) is 8.30. The summed E-state index contributed by atoms with van der Waals surface area (Å²) in [4.78, 5) is 4.41. The SMILES string of the molecule is CCOc1ccc(Nc2cnnc(NCc3ccc(Cl)cc3)n2)cc1. The van der Waals surface area contributed by atoms with E-state index in [1.165, 1.54) is 0 Å². The molecule has 1 aromatic heterocycles. The molecule has 3 rings (SSSR count). The van der Waals surface area contributed by atoms with E-state index in [-0.39, 0.29) is 0 Å². The molecule has 0 radical (unpaired) electrons. The Morgan fingerprint density at radius 3 is 2.52 bits per heavy atom. The Balaban J connectivity index is 1.61. The monoisotopic (exact) mass is 355 g/mol. The Labute approximate surface area is 151 Å². The molecule has 6 nitrogen and oxygen atoms in total. The van der Waals surface area contributed by atoms with Crippen molar-refractivity contribution in [3.63, 3.8) is 0 Å². The van der Waals surface area contributed by atoms with Gasteiger partial charge in [-0.3, -0.25) is 0 Å². The van der Waals surface area contributed by atoms with E-state index in [2.05, 4.69) is 25.8 Å². The van der Waals surface area contributed by atoms with Gasteiger partial charge < -0.3 is 15.4 Å². The van der Waals surface area contributed by atoms with E-state index in [9.17, 15) is 0 Å². The van der Waals surface area contributed by atoms with Crippen molar-refractivity contribution in [3.8, 4) is 5.75 Å². The van der Waals surface area contributed by atoms with Crippen molar-refractivity contribution in [1.29, 1.82) is 0 Å². The van der Waals surface area contributed by atoms with E-state index < -0.39 is 0 Å². The highest BCUT2D eigenvalue weighted by Gasteiger charge is 2.02. The summed E-state index contributed by atoms with van der Waals surface area (Å²) < 4.78 is 5.43. The third-order valence-electron chi connectivity index (χ3n) is 3.36. The van der Waals surface area contributed by atoms with Gasteiger partial charge in [0.1, 0.15) is 5.75 Å². The molecule has 2 N–H and O–H groups in total. The summed E-state index contributed by atoms with van der Waals surface area (Å²) >= 11 is 5.88. The first kappa shape index (κ1) is 17.0. The number of hydrogen-bond donors (Lipinski definition) is 2. The molecule has 3 aromatic rings. The van der Waals surface area contributed by atoms with Crippen molar-refractivity contribution in [2.75, 3.05) is 17.2 Å². The van der Waals surface area contributed by atoms with Crippen LogP contribution in [-0.4, -0.2) is 21.8 Å². The highest BCUT2D eigenvalue weighted by molar-refractivity contribution is 6.30. The van der Waals surface area contributed by atoms with Gasteiger partial charge in [-0.05, 0) is 48.9 Å². The smallest absolute Gasteiger partial charge is 0.244 e. The maximum absolute atomic E-state index is 5.88. The van der Waals surface area contributed by atoms with Crippen LogP contribution in [0.5, 0.6) is 5.75 Å². The van der Waals surface area contributed by atoms with Crippen LogP contribution in [-0.2, 0) is 6.54 Å². The summed E-state index contributed by atoms with van der Waals surface area (Å²) in [6.07, 6.45) is 1.57.